The van der Waals surface area contributed by atoms with E-state index in [-0.39, 0.29) is 12.5 Å². The van der Waals surface area contributed by atoms with Crippen molar-refractivity contribution in [2.75, 3.05) is 13.2 Å². The molecule has 3 saturated carbocycles. The van der Waals surface area contributed by atoms with Gasteiger partial charge in [0.25, 0.3) is 0 Å². The number of nitrogens with two attached hydrogens (primary N) is 2. The Bertz CT molecular complexity index is 548. The lowest BCUT2D eigenvalue weighted by atomic mass is 9.49. The molecule has 0 aromatic rings. The van der Waals surface area contributed by atoms with E-state index in [4.69, 9.17) is 16.6 Å². The molecule has 0 radical (unpaired) electrons. The normalized spacial score (nSPS) is 33.2. The molecule has 0 saturated heterocycles. The molecular formula is C32H66N2O2. The van der Waals surface area contributed by atoms with Crippen LogP contribution < -0.4 is 11.5 Å². The lowest BCUT2D eigenvalue weighted by molar-refractivity contribution is -0.118. The van der Waals surface area contributed by atoms with Gasteiger partial charge in [0, 0.05) is 13.0 Å². The summed E-state index contributed by atoms with van der Waals surface area (Å²) in [5, 5.41) is 7.75. The summed E-state index contributed by atoms with van der Waals surface area (Å²) >= 11 is 0. The minimum atomic E-state index is -0.128. The van der Waals surface area contributed by atoms with E-state index in [1.54, 1.807) is 0 Å². The van der Waals surface area contributed by atoms with Crippen LogP contribution in [-0.4, -0.2) is 24.2 Å². The van der Waals surface area contributed by atoms with Gasteiger partial charge in [0.15, 0.2) is 0 Å². The Morgan fingerprint density at radius 1 is 1.00 bits per heavy atom. The molecule has 4 nitrogen and oxygen atoms in total. The summed E-state index contributed by atoms with van der Waals surface area (Å²) in [7, 11) is 0. The quantitative estimate of drug-likeness (QED) is 0.324. The summed E-state index contributed by atoms with van der Waals surface area (Å²) in [4.78, 5) is 11.0. The highest BCUT2D eigenvalue weighted by Gasteiger charge is 2.51. The van der Waals surface area contributed by atoms with Crippen LogP contribution in [0.2, 0.25) is 0 Å². The van der Waals surface area contributed by atoms with E-state index in [9.17, 15) is 4.79 Å². The van der Waals surface area contributed by atoms with Gasteiger partial charge in [0.1, 0.15) is 0 Å². The predicted molar refractivity (Wildman–Crippen MR) is 158 cm³/mol. The Kier molecular flexibility index (Phi) is 19.1. The minimum absolute atomic E-state index is 0.0972. The lowest BCUT2D eigenvalue weighted by Gasteiger charge is -2.55. The van der Waals surface area contributed by atoms with Gasteiger partial charge < -0.3 is 16.6 Å². The van der Waals surface area contributed by atoms with Crippen molar-refractivity contribution >= 4 is 5.91 Å². The molecule has 0 spiro atoms. The molecule has 3 fully saturated rings. The van der Waals surface area contributed by atoms with E-state index in [2.05, 4.69) is 55.4 Å². The van der Waals surface area contributed by atoms with Gasteiger partial charge in [-0.15, -0.1) is 0 Å². The summed E-state index contributed by atoms with van der Waals surface area (Å²) < 4.78 is 0. The van der Waals surface area contributed by atoms with Crippen molar-refractivity contribution in [3.63, 3.8) is 0 Å². The first-order valence-corrected chi connectivity index (χ1v) is 15.6. The van der Waals surface area contributed by atoms with Crippen molar-refractivity contribution in [2.24, 2.45) is 58.3 Å². The molecule has 4 heteroatoms. The molecule has 36 heavy (non-hydrogen) atoms. The van der Waals surface area contributed by atoms with Crippen LogP contribution in [0.25, 0.3) is 0 Å². The highest BCUT2D eigenvalue weighted by Crippen LogP contribution is 2.60. The lowest BCUT2D eigenvalue weighted by Crippen LogP contribution is -2.47. The molecule has 4 unspecified atom stereocenters. The van der Waals surface area contributed by atoms with Gasteiger partial charge in [-0.05, 0) is 98.2 Å². The summed E-state index contributed by atoms with van der Waals surface area (Å²) in [6, 6.07) is 0. The number of rotatable bonds is 7. The molecule has 216 valence electrons. The number of aliphatic hydroxyl groups is 1. The molecule has 7 atom stereocenters. The fraction of sp³-hybridized carbons (Fsp3) is 0.969. The van der Waals surface area contributed by atoms with E-state index >= 15 is 0 Å². The SMILES string of the molecule is CC(C)C.CCC.CCC1C(C2CC[C@H](CCCC(N)=O)[C@@H]2C)CCC2CCCC[C@@]21C.NCCO. The Labute approximate surface area is 226 Å². The first-order chi connectivity index (χ1) is 17.0. The standard InChI is InChI=1S/C23H41NO.C4H10.C3H8.C2H7NO/c1-4-21-20(14-12-18-9-5-6-15-23(18,21)3)19-13-11-17(16(19)2)8-7-10-22(24)25;1-4(2)3;1-3-2;3-1-2-4/h16-21H,4-15H2,1-3H3,(H2,24,25);4H,1-3H3;3H2,1-2H3;4H,1-3H2/t16-,17-,18?,19?,20?,21?,23-;;;/m0.../s1. The van der Waals surface area contributed by atoms with Crippen molar-refractivity contribution in [1.29, 1.82) is 0 Å². The van der Waals surface area contributed by atoms with Crippen molar-refractivity contribution in [1.82, 2.24) is 0 Å². The Morgan fingerprint density at radius 2 is 1.56 bits per heavy atom. The van der Waals surface area contributed by atoms with Crippen LogP contribution in [0.3, 0.4) is 0 Å². The zero-order chi connectivity index (χ0) is 27.7. The molecule has 3 rings (SSSR count). The first kappa shape index (κ1) is 35.4. The van der Waals surface area contributed by atoms with E-state index in [1.807, 2.05) is 0 Å². The van der Waals surface area contributed by atoms with Gasteiger partial charge >= 0.3 is 0 Å². The fourth-order valence-corrected chi connectivity index (χ4v) is 7.59. The number of primary amides is 1. The van der Waals surface area contributed by atoms with E-state index < -0.39 is 0 Å². The van der Waals surface area contributed by atoms with Crippen molar-refractivity contribution in [2.45, 2.75) is 139 Å². The number of hydrogen-bond acceptors (Lipinski definition) is 3. The molecule has 0 bridgehead atoms. The number of fused-ring (bicyclic) bond motifs is 1. The summed E-state index contributed by atoms with van der Waals surface area (Å²) in [5.74, 6) is 6.23. The van der Waals surface area contributed by atoms with Crippen LogP contribution in [0, 0.1) is 46.8 Å². The monoisotopic (exact) mass is 511 g/mol. The van der Waals surface area contributed by atoms with Crippen molar-refractivity contribution in [3.8, 4) is 0 Å². The Balaban J connectivity index is 0.000000946. The van der Waals surface area contributed by atoms with Crippen molar-refractivity contribution < 1.29 is 9.90 Å². The van der Waals surface area contributed by atoms with Crippen molar-refractivity contribution in [3.05, 3.63) is 0 Å². The summed E-state index contributed by atoms with van der Waals surface area (Å²) in [5.41, 5.74) is 10.7. The van der Waals surface area contributed by atoms with Crippen LogP contribution >= 0.6 is 0 Å². The van der Waals surface area contributed by atoms with Gasteiger partial charge in [0.05, 0.1) is 6.61 Å². The Morgan fingerprint density at radius 3 is 2.06 bits per heavy atom. The molecule has 1 amide bonds. The third-order valence-corrected chi connectivity index (χ3v) is 9.07. The highest BCUT2D eigenvalue weighted by molar-refractivity contribution is 5.73. The zero-order valence-corrected chi connectivity index (χ0v) is 25.7. The topological polar surface area (TPSA) is 89.3 Å². The molecule has 0 aliphatic heterocycles. The average molecular weight is 511 g/mol. The van der Waals surface area contributed by atoms with Crippen LogP contribution in [-0.2, 0) is 4.79 Å². The van der Waals surface area contributed by atoms with Crippen LogP contribution in [0.4, 0.5) is 0 Å². The molecule has 3 aliphatic carbocycles. The molecule has 5 N–H and O–H groups in total. The van der Waals surface area contributed by atoms with Crippen LogP contribution in [0.5, 0.6) is 0 Å². The van der Waals surface area contributed by atoms with Gasteiger partial charge in [-0.3, -0.25) is 4.79 Å². The first-order valence-electron chi connectivity index (χ1n) is 15.6. The Hall–Kier alpha value is -0.610. The molecule has 0 aromatic heterocycles. The summed E-state index contributed by atoms with van der Waals surface area (Å²) in [6.07, 6.45) is 17.1. The van der Waals surface area contributed by atoms with E-state index in [0.717, 1.165) is 47.8 Å². The van der Waals surface area contributed by atoms with E-state index in [1.165, 1.54) is 70.6 Å². The maximum atomic E-state index is 11.0. The number of hydrogen-bond donors (Lipinski definition) is 3. The maximum absolute atomic E-state index is 11.0. The maximum Gasteiger partial charge on any atom is 0.217 e. The number of aliphatic hydroxyl groups excluding tert-OH is 1. The van der Waals surface area contributed by atoms with Gasteiger partial charge in [-0.2, -0.15) is 0 Å². The third-order valence-electron chi connectivity index (χ3n) is 9.07. The largest absolute Gasteiger partial charge is 0.395 e. The smallest absolute Gasteiger partial charge is 0.217 e. The van der Waals surface area contributed by atoms with Gasteiger partial charge in [0.2, 0.25) is 5.91 Å². The molecule has 0 heterocycles. The van der Waals surface area contributed by atoms with E-state index in [0.29, 0.717) is 18.4 Å². The second-order valence-electron chi connectivity index (χ2n) is 12.9. The van der Waals surface area contributed by atoms with Crippen LogP contribution in [0.15, 0.2) is 0 Å². The minimum Gasteiger partial charge on any atom is -0.395 e. The van der Waals surface area contributed by atoms with Gasteiger partial charge in [-0.25, -0.2) is 0 Å². The highest BCUT2D eigenvalue weighted by atomic mass is 16.3. The second kappa shape index (κ2) is 19.5. The molecular weight excluding hydrogens is 444 g/mol. The number of carbonyl (C=O) groups is 1. The fourth-order valence-electron chi connectivity index (χ4n) is 7.59. The average Bonchev–Trinajstić information content (AvgIpc) is 3.18. The van der Waals surface area contributed by atoms with Gasteiger partial charge in [-0.1, -0.05) is 81.1 Å². The predicted octanol–water partition coefficient (Wildman–Crippen LogP) is 7.95. The number of carbonyl (C=O) groups excluding carboxylic acids is 1. The van der Waals surface area contributed by atoms with Crippen LogP contribution in [0.1, 0.15) is 139 Å². The zero-order valence-electron chi connectivity index (χ0n) is 25.7. The molecule has 3 aliphatic rings. The molecule has 0 aromatic carbocycles. The number of amides is 1. The second-order valence-corrected chi connectivity index (χ2v) is 12.9. The summed E-state index contributed by atoms with van der Waals surface area (Å²) in [6.45, 7) is 18.9. The third kappa shape index (κ3) is 11.8.